The summed E-state index contributed by atoms with van der Waals surface area (Å²) < 4.78 is 5.28. The largest absolute Gasteiger partial charge is 0.497 e. The third kappa shape index (κ3) is 4.06. The molecule has 0 heterocycles. The van der Waals surface area contributed by atoms with Crippen molar-refractivity contribution in [3.8, 4) is 5.75 Å². The Hall–Kier alpha value is -1.84. The summed E-state index contributed by atoms with van der Waals surface area (Å²) in [5.74, 6) is 1.39. The smallest absolute Gasteiger partial charge is 0.240 e. The summed E-state index contributed by atoms with van der Waals surface area (Å²) >= 11 is 0. The molecule has 2 rings (SSSR count). The first-order valence-electron chi connectivity index (χ1n) is 7.66. The van der Waals surface area contributed by atoms with Gasteiger partial charge in [0.25, 0.3) is 0 Å². The molecule has 0 radical (unpaired) electrons. The van der Waals surface area contributed by atoms with Crippen LogP contribution in [0.1, 0.15) is 50.7 Å². The maximum absolute atomic E-state index is 11.7. The second-order valence-corrected chi connectivity index (χ2v) is 5.73. The van der Waals surface area contributed by atoms with Gasteiger partial charge in [0.15, 0.2) is 0 Å². The van der Waals surface area contributed by atoms with Gasteiger partial charge in [0.1, 0.15) is 5.75 Å². The number of benzene rings is 1. The lowest BCUT2D eigenvalue weighted by Crippen LogP contribution is -2.24. The summed E-state index contributed by atoms with van der Waals surface area (Å²) in [6, 6.07) is 6.06. The zero-order valence-electron chi connectivity index (χ0n) is 13.1. The number of hydrogen-bond acceptors (Lipinski definition) is 3. The van der Waals surface area contributed by atoms with Crippen LogP contribution in [-0.2, 0) is 11.2 Å². The number of carbonyl (C=O) groups excluding carboxylic acids is 1. The number of methoxy groups -OCH3 is 1. The van der Waals surface area contributed by atoms with Crippen molar-refractivity contribution in [3.63, 3.8) is 0 Å². The lowest BCUT2D eigenvalue weighted by atomic mass is 9.83. The maximum atomic E-state index is 11.7. The van der Waals surface area contributed by atoms with Crippen LogP contribution in [0.4, 0.5) is 0 Å². The molecule has 0 saturated heterocycles. The van der Waals surface area contributed by atoms with E-state index in [2.05, 4.69) is 30.4 Å². The van der Waals surface area contributed by atoms with Gasteiger partial charge in [-0.15, -0.1) is 0 Å². The van der Waals surface area contributed by atoms with Crippen molar-refractivity contribution in [1.29, 1.82) is 0 Å². The molecule has 0 aliphatic heterocycles. The number of amides is 1. The number of nitrogens with one attached hydrogen (secondary N) is 1. The molecule has 1 aromatic carbocycles. The molecule has 4 nitrogen and oxygen atoms in total. The van der Waals surface area contributed by atoms with Gasteiger partial charge in [-0.25, -0.2) is 5.43 Å². The van der Waals surface area contributed by atoms with Gasteiger partial charge in [-0.1, -0.05) is 20.3 Å². The first-order chi connectivity index (χ1) is 10.1. The summed E-state index contributed by atoms with van der Waals surface area (Å²) in [4.78, 5) is 11.7. The Morgan fingerprint density at radius 2 is 2.24 bits per heavy atom. The number of fused-ring (bicyclic) bond motifs is 1. The lowest BCUT2D eigenvalue weighted by Gasteiger charge is -2.23. The van der Waals surface area contributed by atoms with Crippen LogP contribution in [0.3, 0.4) is 0 Å². The van der Waals surface area contributed by atoms with Gasteiger partial charge in [-0.2, -0.15) is 5.10 Å². The molecule has 0 fully saturated rings. The number of rotatable bonds is 5. The number of unbranched alkanes of at least 4 members (excludes halogenated alkanes) is 1. The van der Waals surface area contributed by atoms with Crippen LogP contribution in [0.15, 0.2) is 23.3 Å². The monoisotopic (exact) mass is 288 g/mol. The molecule has 4 heteroatoms. The predicted octanol–water partition coefficient (Wildman–Crippen LogP) is 3.29. The van der Waals surface area contributed by atoms with E-state index >= 15 is 0 Å². The zero-order chi connectivity index (χ0) is 15.2. The van der Waals surface area contributed by atoms with Crippen molar-refractivity contribution in [2.24, 2.45) is 11.0 Å². The van der Waals surface area contributed by atoms with Crippen LogP contribution in [0.25, 0.3) is 0 Å². The molecular formula is C17H24N2O2. The Morgan fingerprint density at radius 3 is 2.95 bits per heavy atom. The molecule has 0 aromatic heterocycles. The third-order valence-electron chi connectivity index (χ3n) is 3.81. The SMILES string of the molecule is CCCCC(=O)N/N=C1/C[C@@H](C)Cc2cc(OC)ccc21. The maximum Gasteiger partial charge on any atom is 0.240 e. The van der Waals surface area contributed by atoms with Crippen molar-refractivity contribution in [2.75, 3.05) is 7.11 Å². The van der Waals surface area contributed by atoms with E-state index in [1.54, 1.807) is 7.11 Å². The number of ether oxygens (including phenoxy) is 1. The van der Waals surface area contributed by atoms with E-state index < -0.39 is 0 Å². The molecule has 1 aliphatic carbocycles. The minimum absolute atomic E-state index is 0.00219. The van der Waals surface area contributed by atoms with E-state index in [0.29, 0.717) is 12.3 Å². The fraction of sp³-hybridized carbons (Fsp3) is 0.529. The summed E-state index contributed by atoms with van der Waals surface area (Å²) in [7, 11) is 1.68. The summed E-state index contributed by atoms with van der Waals surface area (Å²) in [6.45, 7) is 4.28. The fourth-order valence-corrected chi connectivity index (χ4v) is 2.66. The van der Waals surface area contributed by atoms with Crippen LogP contribution < -0.4 is 10.2 Å². The quantitative estimate of drug-likeness (QED) is 0.845. The van der Waals surface area contributed by atoms with Crippen LogP contribution in [0, 0.1) is 5.92 Å². The summed E-state index contributed by atoms with van der Waals surface area (Å²) in [5.41, 5.74) is 6.04. The van der Waals surface area contributed by atoms with Crippen LogP contribution in [0.2, 0.25) is 0 Å². The number of carbonyl (C=O) groups is 1. The predicted molar refractivity (Wildman–Crippen MR) is 84.7 cm³/mol. The Labute approximate surface area is 126 Å². The third-order valence-corrected chi connectivity index (χ3v) is 3.81. The highest BCUT2D eigenvalue weighted by Gasteiger charge is 2.21. The average Bonchev–Trinajstić information content (AvgIpc) is 2.49. The van der Waals surface area contributed by atoms with Gasteiger partial charge in [-0.3, -0.25) is 4.79 Å². The minimum atomic E-state index is -0.00219. The molecule has 1 N–H and O–H groups in total. The molecule has 0 spiro atoms. The van der Waals surface area contributed by atoms with Gasteiger partial charge >= 0.3 is 0 Å². The highest BCUT2D eigenvalue weighted by molar-refractivity contribution is 6.03. The van der Waals surface area contributed by atoms with Crippen molar-refractivity contribution >= 4 is 11.6 Å². The van der Waals surface area contributed by atoms with E-state index in [1.165, 1.54) is 5.56 Å². The van der Waals surface area contributed by atoms with Gasteiger partial charge < -0.3 is 4.74 Å². The molecule has 0 unspecified atom stereocenters. The zero-order valence-corrected chi connectivity index (χ0v) is 13.1. The molecule has 1 atom stereocenters. The second-order valence-electron chi connectivity index (χ2n) is 5.73. The molecule has 1 amide bonds. The lowest BCUT2D eigenvalue weighted by molar-refractivity contribution is -0.121. The fourth-order valence-electron chi connectivity index (χ4n) is 2.66. The molecule has 1 aromatic rings. The van der Waals surface area contributed by atoms with E-state index in [4.69, 9.17) is 4.74 Å². The first kappa shape index (κ1) is 15.5. The van der Waals surface area contributed by atoms with E-state index in [0.717, 1.165) is 42.7 Å². The van der Waals surface area contributed by atoms with Crippen molar-refractivity contribution in [1.82, 2.24) is 5.43 Å². The normalized spacial score (nSPS) is 19.2. The highest BCUT2D eigenvalue weighted by Crippen LogP contribution is 2.28. The molecule has 21 heavy (non-hydrogen) atoms. The Morgan fingerprint density at radius 1 is 1.43 bits per heavy atom. The highest BCUT2D eigenvalue weighted by atomic mass is 16.5. The standard InChI is InChI=1S/C17H24N2O2/c1-4-5-6-17(20)19-18-16-10-12(2)9-13-11-14(21-3)7-8-15(13)16/h7-8,11-12H,4-6,9-10H2,1-3H3,(H,19,20)/b18-16-/t12-/m0/s1. The van der Waals surface area contributed by atoms with Crippen LogP contribution in [0.5, 0.6) is 5.75 Å². The Kier molecular flexibility index (Phi) is 5.37. The molecular weight excluding hydrogens is 264 g/mol. The molecule has 114 valence electrons. The van der Waals surface area contributed by atoms with Crippen LogP contribution >= 0.6 is 0 Å². The van der Waals surface area contributed by atoms with E-state index in [1.807, 2.05) is 12.1 Å². The molecule has 0 saturated carbocycles. The summed E-state index contributed by atoms with van der Waals surface area (Å²) in [5, 5.41) is 4.36. The van der Waals surface area contributed by atoms with E-state index in [-0.39, 0.29) is 5.91 Å². The topological polar surface area (TPSA) is 50.7 Å². The second kappa shape index (κ2) is 7.25. The Balaban J connectivity index is 2.16. The number of hydrazone groups is 1. The van der Waals surface area contributed by atoms with Crippen LogP contribution in [-0.4, -0.2) is 18.7 Å². The van der Waals surface area contributed by atoms with Gasteiger partial charge in [-0.05, 0) is 48.9 Å². The van der Waals surface area contributed by atoms with Gasteiger partial charge in [0.05, 0.1) is 12.8 Å². The first-order valence-corrected chi connectivity index (χ1v) is 7.66. The van der Waals surface area contributed by atoms with Crippen molar-refractivity contribution in [2.45, 2.75) is 46.0 Å². The van der Waals surface area contributed by atoms with Gasteiger partial charge in [0, 0.05) is 12.0 Å². The average molecular weight is 288 g/mol. The van der Waals surface area contributed by atoms with Gasteiger partial charge in [0.2, 0.25) is 5.91 Å². The molecule has 1 aliphatic rings. The van der Waals surface area contributed by atoms with Crippen molar-refractivity contribution < 1.29 is 9.53 Å². The summed E-state index contributed by atoms with van der Waals surface area (Å²) in [6.07, 6.45) is 4.38. The molecule has 0 bridgehead atoms. The van der Waals surface area contributed by atoms with E-state index in [9.17, 15) is 4.79 Å². The Bertz CT molecular complexity index is 538. The minimum Gasteiger partial charge on any atom is -0.497 e. The number of hydrogen-bond donors (Lipinski definition) is 1. The van der Waals surface area contributed by atoms with Crippen molar-refractivity contribution in [3.05, 3.63) is 29.3 Å². The number of nitrogens with zero attached hydrogens (tertiary/aromatic N) is 1.